The van der Waals surface area contributed by atoms with Crippen molar-refractivity contribution in [3.8, 4) is 6.07 Å². The van der Waals surface area contributed by atoms with E-state index in [2.05, 4.69) is 30.6 Å². The highest BCUT2D eigenvalue weighted by atomic mass is 35.5. The Morgan fingerprint density at radius 1 is 1.24 bits per heavy atom. The number of hydrogen-bond acceptors (Lipinski definition) is 6. The van der Waals surface area contributed by atoms with Gasteiger partial charge in [-0.3, -0.25) is 14.4 Å². The topological polar surface area (TPSA) is 108 Å². The minimum absolute atomic E-state index is 0.0603. The smallest absolute Gasteiger partial charge is 0.319 e. The number of ether oxygens (including phenoxy) is 1. The highest BCUT2D eigenvalue weighted by molar-refractivity contribution is 8.03. The van der Waals surface area contributed by atoms with Crippen molar-refractivity contribution in [3.05, 3.63) is 75.3 Å². The third kappa shape index (κ3) is 5.79. The van der Waals surface area contributed by atoms with Gasteiger partial charge in [-0.2, -0.15) is 5.26 Å². The molecule has 1 aliphatic heterocycles. The minimum Gasteiger partial charge on any atom is -0.468 e. The first-order valence-electron chi connectivity index (χ1n) is 10.6. The molecule has 1 aliphatic rings. The number of benzene rings is 2. The van der Waals surface area contributed by atoms with Crippen LogP contribution in [0.4, 0.5) is 5.69 Å². The zero-order valence-electron chi connectivity index (χ0n) is 18.9. The molecule has 7 nitrogen and oxygen atoms in total. The summed E-state index contributed by atoms with van der Waals surface area (Å²) >= 11 is 6.97. The van der Waals surface area contributed by atoms with E-state index in [4.69, 9.17) is 16.3 Å². The van der Waals surface area contributed by atoms with Crippen molar-refractivity contribution >= 4 is 46.8 Å². The molecular weight excluding hydrogens is 474 g/mol. The Balaban J connectivity index is 1.90. The number of esters is 1. The molecule has 0 aliphatic carbocycles. The standard InChI is InChI=1S/C25H24ClN3O4S/c1-14(2)15-7-9-16(10-8-15)21-19(12-27)24(29-23(31)22(21)25(32)33-3)34-13-20(30)28-18-6-4-5-17(26)11-18/h4-11,14,21-22H,13H2,1-3H3,(H,28,30)(H,29,31)/t21-,22+/m0/s1. The van der Waals surface area contributed by atoms with Gasteiger partial charge in [0.25, 0.3) is 0 Å². The molecule has 2 aromatic rings. The molecule has 2 aromatic carbocycles. The van der Waals surface area contributed by atoms with Crippen molar-refractivity contribution in [3.63, 3.8) is 0 Å². The van der Waals surface area contributed by atoms with Crippen LogP contribution in [-0.4, -0.2) is 30.6 Å². The quantitative estimate of drug-likeness (QED) is 0.428. The maximum absolute atomic E-state index is 12.9. The lowest BCUT2D eigenvalue weighted by molar-refractivity contribution is -0.150. The van der Waals surface area contributed by atoms with Gasteiger partial charge in [-0.1, -0.05) is 67.5 Å². The fraction of sp³-hybridized carbons (Fsp3) is 0.280. The fourth-order valence-corrected chi connectivity index (χ4v) is 4.71. The van der Waals surface area contributed by atoms with Crippen LogP contribution in [-0.2, 0) is 19.1 Å². The van der Waals surface area contributed by atoms with Gasteiger partial charge >= 0.3 is 5.97 Å². The second kappa shape index (κ2) is 11.2. The lowest BCUT2D eigenvalue weighted by atomic mass is 9.78. The summed E-state index contributed by atoms with van der Waals surface area (Å²) < 4.78 is 4.86. The van der Waals surface area contributed by atoms with E-state index in [9.17, 15) is 19.6 Å². The number of halogens is 1. The number of carbonyl (C=O) groups is 3. The van der Waals surface area contributed by atoms with Crippen molar-refractivity contribution in [1.29, 1.82) is 5.26 Å². The van der Waals surface area contributed by atoms with E-state index in [0.29, 0.717) is 22.2 Å². The molecule has 2 N–H and O–H groups in total. The summed E-state index contributed by atoms with van der Waals surface area (Å²) in [6.45, 7) is 4.12. The van der Waals surface area contributed by atoms with Crippen LogP contribution in [0, 0.1) is 17.2 Å². The molecule has 0 fully saturated rings. The Hall–Kier alpha value is -3.28. The van der Waals surface area contributed by atoms with Gasteiger partial charge in [0.1, 0.15) is 5.92 Å². The van der Waals surface area contributed by atoms with E-state index in [1.54, 1.807) is 24.3 Å². The predicted octanol–water partition coefficient (Wildman–Crippen LogP) is 4.57. The second-order valence-electron chi connectivity index (χ2n) is 7.99. The predicted molar refractivity (Wildman–Crippen MR) is 132 cm³/mol. The zero-order valence-corrected chi connectivity index (χ0v) is 20.5. The monoisotopic (exact) mass is 497 g/mol. The number of anilines is 1. The van der Waals surface area contributed by atoms with Crippen molar-refractivity contribution in [2.24, 2.45) is 5.92 Å². The number of allylic oxidation sites excluding steroid dienone is 1. The molecule has 0 saturated carbocycles. The van der Waals surface area contributed by atoms with Crippen molar-refractivity contribution in [2.75, 3.05) is 18.2 Å². The summed E-state index contributed by atoms with van der Waals surface area (Å²) in [6.07, 6.45) is 0. The van der Waals surface area contributed by atoms with Gasteiger partial charge in [0.05, 0.1) is 29.5 Å². The summed E-state index contributed by atoms with van der Waals surface area (Å²) in [4.78, 5) is 37.9. The summed E-state index contributed by atoms with van der Waals surface area (Å²) in [6, 6.07) is 16.3. The minimum atomic E-state index is -1.21. The highest BCUT2D eigenvalue weighted by Crippen LogP contribution is 2.40. The molecule has 176 valence electrons. The van der Waals surface area contributed by atoms with Crippen LogP contribution >= 0.6 is 23.4 Å². The largest absolute Gasteiger partial charge is 0.468 e. The van der Waals surface area contributed by atoms with E-state index >= 15 is 0 Å². The Morgan fingerprint density at radius 3 is 2.53 bits per heavy atom. The van der Waals surface area contributed by atoms with E-state index in [1.807, 2.05) is 24.3 Å². The average molecular weight is 498 g/mol. The first-order valence-corrected chi connectivity index (χ1v) is 11.9. The number of nitriles is 1. The number of rotatable bonds is 7. The number of thioether (sulfide) groups is 1. The van der Waals surface area contributed by atoms with Gasteiger partial charge in [-0.05, 0) is 35.2 Å². The highest BCUT2D eigenvalue weighted by Gasteiger charge is 2.44. The number of methoxy groups -OCH3 is 1. The first kappa shape index (κ1) is 25.3. The first-order chi connectivity index (χ1) is 16.2. The Morgan fingerprint density at radius 2 is 1.94 bits per heavy atom. The van der Waals surface area contributed by atoms with E-state index < -0.39 is 23.7 Å². The number of amides is 2. The van der Waals surface area contributed by atoms with Gasteiger partial charge in [-0.15, -0.1) is 0 Å². The molecular formula is C25H24ClN3O4S. The van der Waals surface area contributed by atoms with Gasteiger partial charge in [0.15, 0.2) is 0 Å². The van der Waals surface area contributed by atoms with Gasteiger partial charge in [0, 0.05) is 16.6 Å². The van der Waals surface area contributed by atoms with Gasteiger partial charge < -0.3 is 15.4 Å². The fourth-order valence-electron chi connectivity index (χ4n) is 3.67. The molecule has 1 heterocycles. The SMILES string of the molecule is COC(=O)[C@H]1C(=O)NC(SCC(=O)Nc2cccc(Cl)c2)=C(C#N)[C@@H]1c1ccc(C(C)C)cc1. The molecule has 0 saturated heterocycles. The van der Waals surface area contributed by atoms with Crippen molar-refractivity contribution in [1.82, 2.24) is 5.32 Å². The molecule has 0 aromatic heterocycles. The van der Waals surface area contributed by atoms with E-state index in [-0.39, 0.29) is 22.3 Å². The summed E-state index contributed by atoms with van der Waals surface area (Å²) in [5.74, 6) is -3.45. The summed E-state index contributed by atoms with van der Waals surface area (Å²) in [5, 5.41) is 16.1. The summed E-state index contributed by atoms with van der Waals surface area (Å²) in [5.41, 5.74) is 2.48. The van der Waals surface area contributed by atoms with Crippen LogP contribution in [0.3, 0.4) is 0 Å². The third-order valence-electron chi connectivity index (χ3n) is 5.40. The van der Waals surface area contributed by atoms with Gasteiger partial charge in [-0.25, -0.2) is 0 Å². The zero-order chi connectivity index (χ0) is 24.8. The second-order valence-corrected chi connectivity index (χ2v) is 9.41. The molecule has 3 rings (SSSR count). The molecule has 0 unspecified atom stereocenters. The van der Waals surface area contributed by atoms with E-state index in [1.165, 1.54) is 7.11 Å². The molecule has 0 radical (unpaired) electrons. The van der Waals surface area contributed by atoms with Crippen LogP contribution in [0.1, 0.15) is 36.8 Å². The molecule has 34 heavy (non-hydrogen) atoms. The van der Waals surface area contributed by atoms with Crippen LogP contribution in [0.5, 0.6) is 0 Å². The van der Waals surface area contributed by atoms with E-state index in [0.717, 1.165) is 17.3 Å². The van der Waals surface area contributed by atoms with Crippen molar-refractivity contribution in [2.45, 2.75) is 25.7 Å². The lowest BCUT2D eigenvalue weighted by Crippen LogP contribution is -2.44. The number of nitrogens with one attached hydrogen (secondary N) is 2. The van der Waals surface area contributed by atoms with Gasteiger partial charge in [0.2, 0.25) is 11.8 Å². The number of carbonyl (C=O) groups excluding carboxylic acids is 3. The third-order valence-corrected chi connectivity index (χ3v) is 6.65. The molecule has 2 atom stereocenters. The maximum Gasteiger partial charge on any atom is 0.319 e. The Bertz CT molecular complexity index is 1170. The number of hydrogen-bond donors (Lipinski definition) is 2. The Kier molecular flexibility index (Phi) is 8.37. The molecule has 2 amide bonds. The van der Waals surface area contributed by atoms with Crippen LogP contribution in [0.15, 0.2) is 59.1 Å². The molecule has 0 spiro atoms. The Labute approximate surface area is 207 Å². The maximum atomic E-state index is 12.9. The normalized spacial score (nSPS) is 17.7. The van der Waals surface area contributed by atoms with Crippen LogP contribution < -0.4 is 10.6 Å². The molecule has 9 heteroatoms. The molecule has 0 bridgehead atoms. The van der Waals surface area contributed by atoms with Crippen LogP contribution in [0.25, 0.3) is 0 Å². The average Bonchev–Trinajstić information content (AvgIpc) is 2.81. The summed E-state index contributed by atoms with van der Waals surface area (Å²) in [7, 11) is 1.20. The van der Waals surface area contributed by atoms with Crippen molar-refractivity contribution < 1.29 is 19.1 Å². The lowest BCUT2D eigenvalue weighted by Gasteiger charge is -2.31. The van der Waals surface area contributed by atoms with Crippen LogP contribution in [0.2, 0.25) is 5.02 Å². The number of nitrogens with zero attached hydrogens (tertiary/aromatic N) is 1.